The van der Waals surface area contributed by atoms with Gasteiger partial charge in [0.15, 0.2) is 6.10 Å². The van der Waals surface area contributed by atoms with Crippen LogP contribution in [0.2, 0.25) is 0 Å². The van der Waals surface area contributed by atoms with Crippen LogP contribution in [-0.2, 0) is 19.1 Å². The van der Waals surface area contributed by atoms with Crippen molar-refractivity contribution in [3.63, 3.8) is 0 Å². The molecular formula is C21H22BrN3O5. The molecule has 2 amide bonds. The number of rotatable bonds is 9. The second kappa shape index (κ2) is 11.7. The molecule has 1 atom stereocenters. The Labute approximate surface area is 182 Å². The van der Waals surface area contributed by atoms with Gasteiger partial charge in [-0.25, -0.2) is 10.2 Å². The fourth-order valence-electron chi connectivity index (χ4n) is 2.27. The Morgan fingerprint density at radius 3 is 2.47 bits per heavy atom. The number of esters is 1. The molecule has 0 heterocycles. The number of halogens is 1. The van der Waals surface area contributed by atoms with Crippen molar-refractivity contribution in [3.05, 3.63) is 58.6 Å². The van der Waals surface area contributed by atoms with Crippen LogP contribution in [0.1, 0.15) is 25.8 Å². The van der Waals surface area contributed by atoms with Crippen LogP contribution < -0.4 is 15.5 Å². The van der Waals surface area contributed by atoms with Gasteiger partial charge in [-0.2, -0.15) is 5.10 Å². The van der Waals surface area contributed by atoms with Crippen molar-refractivity contribution in [1.82, 2.24) is 5.43 Å². The SMILES string of the molecule is CCOC(=O)C(C)Oc1ccc(C=NNC(=O)CC(=O)Nc2ccccc2Br)cc1. The number of nitrogens with one attached hydrogen (secondary N) is 2. The van der Waals surface area contributed by atoms with Crippen LogP contribution >= 0.6 is 15.9 Å². The van der Waals surface area contributed by atoms with Gasteiger partial charge in [0.1, 0.15) is 12.2 Å². The van der Waals surface area contributed by atoms with E-state index in [0.29, 0.717) is 23.6 Å². The number of hydrazone groups is 1. The molecule has 2 rings (SSSR count). The van der Waals surface area contributed by atoms with Gasteiger partial charge in [0.2, 0.25) is 11.8 Å². The highest BCUT2D eigenvalue weighted by molar-refractivity contribution is 9.10. The van der Waals surface area contributed by atoms with E-state index in [0.717, 1.165) is 4.47 Å². The van der Waals surface area contributed by atoms with E-state index in [-0.39, 0.29) is 6.42 Å². The maximum absolute atomic E-state index is 11.9. The van der Waals surface area contributed by atoms with E-state index in [1.54, 1.807) is 56.3 Å². The van der Waals surface area contributed by atoms with Gasteiger partial charge in [0, 0.05) is 4.47 Å². The lowest BCUT2D eigenvalue weighted by atomic mass is 10.2. The van der Waals surface area contributed by atoms with Gasteiger partial charge in [-0.05, 0) is 71.7 Å². The molecule has 2 aromatic carbocycles. The fourth-order valence-corrected chi connectivity index (χ4v) is 2.65. The Bertz CT molecular complexity index is 915. The molecule has 158 valence electrons. The van der Waals surface area contributed by atoms with Crippen molar-refractivity contribution in [3.8, 4) is 5.75 Å². The van der Waals surface area contributed by atoms with Crippen LogP contribution in [0.3, 0.4) is 0 Å². The van der Waals surface area contributed by atoms with Crippen molar-refractivity contribution >= 4 is 45.6 Å². The maximum Gasteiger partial charge on any atom is 0.347 e. The van der Waals surface area contributed by atoms with E-state index in [4.69, 9.17) is 9.47 Å². The number of benzene rings is 2. The van der Waals surface area contributed by atoms with Gasteiger partial charge < -0.3 is 14.8 Å². The molecule has 0 aromatic heterocycles. The summed E-state index contributed by atoms with van der Waals surface area (Å²) >= 11 is 3.32. The van der Waals surface area contributed by atoms with E-state index in [1.807, 2.05) is 6.07 Å². The monoisotopic (exact) mass is 475 g/mol. The van der Waals surface area contributed by atoms with E-state index in [9.17, 15) is 14.4 Å². The summed E-state index contributed by atoms with van der Waals surface area (Å²) in [5.41, 5.74) is 3.58. The van der Waals surface area contributed by atoms with E-state index in [2.05, 4.69) is 31.8 Å². The van der Waals surface area contributed by atoms with E-state index < -0.39 is 23.9 Å². The second-order valence-corrected chi connectivity index (χ2v) is 6.93. The number of nitrogens with zero attached hydrogens (tertiary/aromatic N) is 1. The maximum atomic E-state index is 11.9. The average molecular weight is 476 g/mol. The van der Waals surface area contributed by atoms with E-state index in [1.165, 1.54) is 6.21 Å². The van der Waals surface area contributed by atoms with Crippen molar-refractivity contribution in [2.45, 2.75) is 26.4 Å². The summed E-state index contributed by atoms with van der Waals surface area (Å²) in [4.78, 5) is 35.4. The Balaban J connectivity index is 1.79. The zero-order valence-electron chi connectivity index (χ0n) is 16.6. The predicted molar refractivity (Wildman–Crippen MR) is 116 cm³/mol. The lowest BCUT2D eigenvalue weighted by molar-refractivity contribution is -0.150. The summed E-state index contributed by atoms with van der Waals surface area (Å²) in [6, 6.07) is 13.9. The molecule has 0 saturated carbocycles. The van der Waals surface area contributed by atoms with E-state index >= 15 is 0 Å². The minimum atomic E-state index is -0.716. The first-order chi connectivity index (χ1) is 14.4. The van der Waals surface area contributed by atoms with Gasteiger partial charge in [-0.1, -0.05) is 12.1 Å². The highest BCUT2D eigenvalue weighted by Crippen LogP contribution is 2.21. The highest BCUT2D eigenvalue weighted by atomic mass is 79.9. The summed E-state index contributed by atoms with van der Waals surface area (Å²) in [6.45, 7) is 3.63. The number of hydrogen-bond donors (Lipinski definition) is 2. The molecule has 0 bridgehead atoms. The summed E-state index contributed by atoms with van der Waals surface area (Å²) in [5.74, 6) is -0.930. The van der Waals surface area contributed by atoms with Crippen molar-refractivity contribution in [1.29, 1.82) is 0 Å². The van der Waals surface area contributed by atoms with Crippen LogP contribution in [-0.4, -0.2) is 36.7 Å². The Hall–Kier alpha value is -3.20. The molecule has 2 aromatic rings. The quantitative estimate of drug-likeness (QED) is 0.250. The molecule has 30 heavy (non-hydrogen) atoms. The second-order valence-electron chi connectivity index (χ2n) is 6.08. The van der Waals surface area contributed by atoms with Crippen LogP contribution in [0.5, 0.6) is 5.75 Å². The normalized spacial score (nSPS) is 11.6. The minimum absolute atomic E-state index is 0.291. The lowest BCUT2D eigenvalue weighted by Crippen LogP contribution is -2.26. The number of carbonyl (C=O) groups is 3. The molecule has 9 heteroatoms. The van der Waals surface area contributed by atoms with Crippen molar-refractivity contribution in [2.24, 2.45) is 5.10 Å². The topological polar surface area (TPSA) is 106 Å². The smallest absolute Gasteiger partial charge is 0.347 e. The molecule has 8 nitrogen and oxygen atoms in total. The van der Waals surface area contributed by atoms with Gasteiger partial charge in [0.05, 0.1) is 18.5 Å². The summed E-state index contributed by atoms with van der Waals surface area (Å²) in [7, 11) is 0. The molecule has 0 aliphatic heterocycles. The zero-order valence-corrected chi connectivity index (χ0v) is 18.1. The lowest BCUT2D eigenvalue weighted by Gasteiger charge is -2.13. The molecule has 0 fully saturated rings. The van der Waals surface area contributed by atoms with Crippen LogP contribution in [0, 0.1) is 0 Å². The molecule has 0 spiro atoms. The number of para-hydroxylation sites is 1. The van der Waals surface area contributed by atoms with Gasteiger partial charge in [0.25, 0.3) is 0 Å². The highest BCUT2D eigenvalue weighted by Gasteiger charge is 2.15. The van der Waals surface area contributed by atoms with Gasteiger partial charge >= 0.3 is 5.97 Å². The minimum Gasteiger partial charge on any atom is -0.479 e. The van der Waals surface area contributed by atoms with Crippen LogP contribution in [0.25, 0.3) is 0 Å². The number of ether oxygens (including phenoxy) is 2. The fraction of sp³-hybridized carbons (Fsp3) is 0.238. The first-order valence-electron chi connectivity index (χ1n) is 9.18. The van der Waals surface area contributed by atoms with Crippen LogP contribution in [0.4, 0.5) is 5.69 Å². The molecule has 0 aliphatic carbocycles. The third-order valence-corrected chi connectivity index (χ3v) is 4.37. The Morgan fingerprint density at radius 2 is 1.80 bits per heavy atom. The third kappa shape index (κ3) is 7.67. The summed E-state index contributed by atoms with van der Waals surface area (Å²) < 4.78 is 11.1. The Kier molecular flexibility index (Phi) is 9.02. The first-order valence-corrected chi connectivity index (χ1v) is 9.98. The van der Waals surface area contributed by atoms with Gasteiger partial charge in [-0.15, -0.1) is 0 Å². The largest absolute Gasteiger partial charge is 0.479 e. The first kappa shape index (κ1) is 23.1. The number of amides is 2. The molecule has 0 radical (unpaired) electrons. The summed E-state index contributed by atoms with van der Waals surface area (Å²) in [5, 5.41) is 6.48. The molecular weight excluding hydrogens is 454 g/mol. The third-order valence-electron chi connectivity index (χ3n) is 3.68. The van der Waals surface area contributed by atoms with Gasteiger partial charge in [-0.3, -0.25) is 9.59 Å². The van der Waals surface area contributed by atoms with Crippen LogP contribution in [0.15, 0.2) is 58.1 Å². The Morgan fingerprint density at radius 1 is 1.10 bits per heavy atom. The summed E-state index contributed by atoms with van der Waals surface area (Å²) in [6.07, 6.45) is 0.353. The molecule has 1 unspecified atom stereocenters. The molecule has 0 saturated heterocycles. The number of carbonyl (C=O) groups excluding carboxylic acids is 3. The average Bonchev–Trinajstić information content (AvgIpc) is 2.71. The molecule has 2 N–H and O–H groups in total. The predicted octanol–water partition coefficient (Wildman–Crippen LogP) is 3.26. The van der Waals surface area contributed by atoms with Crippen molar-refractivity contribution < 1.29 is 23.9 Å². The number of anilines is 1. The molecule has 0 aliphatic rings. The zero-order chi connectivity index (χ0) is 21.9. The standard InChI is InChI=1S/C21H22BrN3O5/c1-3-29-21(28)14(2)30-16-10-8-15(9-11-16)13-23-25-20(27)12-19(26)24-18-7-5-4-6-17(18)22/h4-11,13-14H,3,12H2,1-2H3,(H,24,26)(H,25,27). The van der Waals surface area contributed by atoms with Crippen molar-refractivity contribution in [2.75, 3.05) is 11.9 Å². The number of hydrogen-bond acceptors (Lipinski definition) is 6.